The molecule has 0 fully saturated rings. The SMILES string of the molecule is [C-]#[N+]c1cnn(-c2cnccn2)c1/N=N/c1c(C)nn2c(C)n[nH]c12. The van der Waals surface area contributed by atoms with Crippen LogP contribution in [0.4, 0.5) is 17.2 Å². The van der Waals surface area contributed by atoms with Crippen molar-refractivity contribution in [2.75, 3.05) is 0 Å². The van der Waals surface area contributed by atoms with Gasteiger partial charge in [-0.2, -0.15) is 19.8 Å². The monoisotopic (exact) mass is 333 g/mol. The molecule has 122 valence electrons. The van der Waals surface area contributed by atoms with E-state index >= 15 is 0 Å². The predicted molar refractivity (Wildman–Crippen MR) is 86.4 cm³/mol. The summed E-state index contributed by atoms with van der Waals surface area (Å²) in [6.07, 6.45) is 6.03. The summed E-state index contributed by atoms with van der Waals surface area (Å²) in [6, 6.07) is 0. The topological polar surface area (TPSA) is 119 Å². The number of aromatic amines is 1. The first-order valence-corrected chi connectivity index (χ1v) is 7.23. The second-order valence-electron chi connectivity index (χ2n) is 5.11. The highest BCUT2D eigenvalue weighted by Crippen LogP contribution is 2.32. The minimum Gasteiger partial charge on any atom is -0.259 e. The van der Waals surface area contributed by atoms with Crippen LogP contribution in [0.3, 0.4) is 0 Å². The van der Waals surface area contributed by atoms with Gasteiger partial charge in [-0.1, -0.05) is 0 Å². The summed E-state index contributed by atoms with van der Waals surface area (Å²) in [6.45, 7) is 10.9. The van der Waals surface area contributed by atoms with Gasteiger partial charge in [0.2, 0.25) is 0 Å². The minimum atomic E-state index is 0.260. The van der Waals surface area contributed by atoms with Crippen LogP contribution in [0.1, 0.15) is 11.5 Å². The smallest absolute Gasteiger partial charge is 0.252 e. The van der Waals surface area contributed by atoms with Gasteiger partial charge in [-0.15, -0.1) is 10.2 Å². The normalized spacial score (nSPS) is 11.4. The van der Waals surface area contributed by atoms with Crippen LogP contribution in [-0.2, 0) is 0 Å². The molecule has 0 aliphatic carbocycles. The molecule has 4 heterocycles. The largest absolute Gasteiger partial charge is 0.259 e. The summed E-state index contributed by atoms with van der Waals surface area (Å²) in [5.74, 6) is 1.43. The maximum atomic E-state index is 7.29. The van der Waals surface area contributed by atoms with Gasteiger partial charge in [0.1, 0.15) is 5.82 Å². The van der Waals surface area contributed by atoms with Crippen LogP contribution in [0.25, 0.3) is 16.3 Å². The minimum absolute atomic E-state index is 0.260. The van der Waals surface area contributed by atoms with E-state index in [1.165, 1.54) is 23.3 Å². The van der Waals surface area contributed by atoms with E-state index < -0.39 is 0 Å². The van der Waals surface area contributed by atoms with E-state index in [-0.39, 0.29) is 11.5 Å². The zero-order valence-corrected chi connectivity index (χ0v) is 13.3. The lowest BCUT2D eigenvalue weighted by Gasteiger charge is -2.01. The van der Waals surface area contributed by atoms with Crippen molar-refractivity contribution >= 4 is 22.8 Å². The number of fused-ring (bicyclic) bond motifs is 1. The van der Waals surface area contributed by atoms with Crippen molar-refractivity contribution in [1.29, 1.82) is 0 Å². The van der Waals surface area contributed by atoms with Crippen molar-refractivity contribution in [1.82, 2.24) is 39.6 Å². The Labute approximate surface area is 140 Å². The van der Waals surface area contributed by atoms with Crippen molar-refractivity contribution in [3.63, 3.8) is 0 Å². The van der Waals surface area contributed by atoms with E-state index in [2.05, 4.69) is 45.4 Å². The van der Waals surface area contributed by atoms with Gasteiger partial charge in [-0.3, -0.25) is 10.1 Å². The molecule has 0 saturated carbocycles. The second kappa shape index (κ2) is 5.60. The Kier molecular flexibility index (Phi) is 3.28. The third-order valence-corrected chi connectivity index (χ3v) is 3.52. The Morgan fingerprint density at radius 3 is 2.84 bits per heavy atom. The number of nitrogens with one attached hydrogen (secondary N) is 1. The first-order valence-electron chi connectivity index (χ1n) is 7.23. The second-order valence-corrected chi connectivity index (χ2v) is 5.11. The van der Waals surface area contributed by atoms with E-state index in [1.807, 2.05) is 13.8 Å². The van der Waals surface area contributed by atoms with Crippen LogP contribution in [-0.4, -0.2) is 39.6 Å². The lowest BCUT2D eigenvalue weighted by Crippen LogP contribution is -1.98. The van der Waals surface area contributed by atoms with Crippen molar-refractivity contribution in [2.24, 2.45) is 10.2 Å². The van der Waals surface area contributed by atoms with Crippen LogP contribution >= 0.6 is 0 Å². The third kappa shape index (κ3) is 2.32. The van der Waals surface area contributed by atoms with Crippen molar-refractivity contribution < 1.29 is 0 Å². The fourth-order valence-electron chi connectivity index (χ4n) is 2.33. The van der Waals surface area contributed by atoms with Crippen LogP contribution in [0.2, 0.25) is 0 Å². The highest BCUT2D eigenvalue weighted by atomic mass is 15.4. The van der Waals surface area contributed by atoms with Crippen LogP contribution < -0.4 is 0 Å². The summed E-state index contributed by atoms with van der Waals surface area (Å²) in [5, 5.41) is 24.0. The highest BCUT2D eigenvalue weighted by molar-refractivity contribution is 5.67. The first-order chi connectivity index (χ1) is 12.2. The number of azo groups is 1. The van der Waals surface area contributed by atoms with Crippen molar-refractivity contribution in [2.45, 2.75) is 13.8 Å². The zero-order chi connectivity index (χ0) is 17.4. The molecule has 11 nitrogen and oxygen atoms in total. The van der Waals surface area contributed by atoms with Gasteiger partial charge in [0, 0.05) is 12.4 Å². The maximum Gasteiger partial charge on any atom is 0.252 e. The molecule has 0 aromatic carbocycles. The molecule has 4 aromatic rings. The van der Waals surface area contributed by atoms with E-state index in [1.54, 1.807) is 10.7 Å². The predicted octanol–water partition coefficient (Wildman–Crippen LogP) is 2.62. The molecule has 4 aromatic heterocycles. The number of nitrogens with zero attached hydrogens (tertiary/aromatic N) is 10. The molecule has 0 bridgehead atoms. The molecule has 25 heavy (non-hydrogen) atoms. The zero-order valence-electron chi connectivity index (χ0n) is 13.3. The molecular weight excluding hydrogens is 322 g/mol. The number of rotatable bonds is 3. The molecular formula is C14H11N11. The standard InChI is InChI=1S/C14H11N11/c1-8-12(14-22-19-9(2)24(14)23-8)20-21-13-10(15-3)6-18-25(13)11-7-16-4-5-17-11/h4-7,22H,1-2H3/b21-20+. The Bertz CT molecular complexity index is 1120. The highest BCUT2D eigenvalue weighted by Gasteiger charge is 2.16. The molecule has 0 amide bonds. The van der Waals surface area contributed by atoms with Crippen LogP contribution in [0.5, 0.6) is 0 Å². The Morgan fingerprint density at radius 1 is 1.20 bits per heavy atom. The van der Waals surface area contributed by atoms with Gasteiger partial charge in [-0.05, 0) is 13.8 Å². The van der Waals surface area contributed by atoms with Gasteiger partial charge in [0.15, 0.2) is 23.0 Å². The number of H-pyrrole nitrogens is 1. The summed E-state index contributed by atoms with van der Waals surface area (Å²) in [4.78, 5) is 11.6. The maximum absolute atomic E-state index is 7.29. The number of aryl methyl sites for hydroxylation is 2. The fourth-order valence-corrected chi connectivity index (χ4v) is 2.33. The fraction of sp³-hybridized carbons (Fsp3) is 0.143. The average Bonchev–Trinajstić information content (AvgIpc) is 3.29. The van der Waals surface area contributed by atoms with E-state index in [9.17, 15) is 0 Å². The van der Waals surface area contributed by atoms with E-state index in [0.717, 1.165) is 0 Å². The quantitative estimate of drug-likeness (QED) is 0.456. The van der Waals surface area contributed by atoms with E-state index in [0.29, 0.717) is 28.7 Å². The number of aromatic nitrogens is 8. The molecule has 0 saturated heterocycles. The molecule has 0 spiro atoms. The number of hydrogen-bond acceptors (Lipinski definition) is 7. The summed E-state index contributed by atoms with van der Waals surface area (Å²) < 4.78 is 3.07. The lowest BCUT2D eigenvalue weighted by molar-refractivity contribution is 0.831. The third-order valence-electron chi connectivity index (χ3n) is 3.52. The first kappa shape index (κ1) is 14.6. The molecule has 4 rings (SSSR count). The lowest BCUT2D eigenvalue weighted by atomic mass is 10.4. The molecule has 0 radical (unpaired) electrons. The molecule has 0 aliphatic heterocycles. The average molecular weight is 333 g/mol. The number of hydrogen-bond donors (Lipinski definition) is 1. The molecule has 11 heteroatoms. The van der Waals surface area contributed by atoms with Crippen molar-refractivity contribution in [3.05, 3.63) is 47.7 Å². The Balaban J connectivity index is 1.83. The molecule has 0 aliphatic rings. The van der Waals surface area contributed by atoms with E-state index in [4.69, 9.17) is 6.57 Å². The molecule has 0 unspecified atom stereocenters. The van der Waals surface area contributed by atoms with Gasteiger partial charge in [0.05, 0.1) is 24.7 Å². The van der Waals surface area contributed by atoms with Gasteiger partial charge in [-0.25, -0.2) is 14.5 Å². The van der Waals surface area contributed by atoms with Crippen molar-refractivity contribution in [3.8, 4) is 5.82 Å². The molecule has 1 N–H and O–H groups in total. The van der Waals surface area contributed by atoms with Gasteiger partial charge < -0.3 is 0 Å². The van der Waals surface area contributed by atoms with Gasteiger partial charge >= 0.3 is 0 Å². The summed E-state index contributed by atoms with van der Waals surface area (Å²) in [5.41, 5.74) is 2.13. The summed E-state index contributed by atoms with van der Waals surface area (Å²) in [7, 11) is 0. The van der Waals surface area contributed by atoms with Crippen LogP contribution in [0.15, 0.2) is 35.0 Å². The van der Waals surface area contributed by atoms with Crippen LogP contribution in [0, 0.1) is 20.4 Å². The Morgan fingerprint density at radius 2 is 2.08 bits per heavy atom. The Hall–Kier alpha value is -3.94. The van der Waals surface area contributed by atoms with Gasteiger partial charge in [0.25, 0.3) is 5.69 Å². The molecule has 0 atom stereocenters. The summed E-state index contributed by atoms with van der Waals surface area (Å²) >= 11 is 0.